The van der Waals surface area contributed by atoms with Crippen LogP contribution in [-0.2, 0) is 20.7 Å². The van der Waals surface area contributed by atoms with E-state index in [9.17, 15) is 14.4 Å². The van der Waals surface area contributed by atoms with Gasteiger partial charge in [0, 0.05) is 16.6 Å². The molecule has 26 heavy (non-hydrogen) atoms. The Morgan fingerprint density at radius 3 is 2.96 bits per heavy atom. The molecule has 1 N–H and O–H groups in total. The number of aromatic nitrogens is 1. The number of ketones is 1. The summed E-state index contributed by atoms with van der Waals surface area (Å²) in [5.41, 5.74) is 2.87. The van der Waals surface area contributed by atoms with Gasteiger partial charge in [-0.2, -0.15) is 0 Å². The molecule has 0 saturated heterocycles. The number of rotatable bonds is 7. The Bertz CT molecular complexity index is 863. The van der Waals surface area contributed by atoms with E-state index in [0.29, 0.717) is 17.9 Å². The number of thiazole rings is 1. The van der Waals surface area contributed by atoms with Crippen LogP contribution in [0.15, 0.2) is 27.9 Å². The second-order valence-electron chi connectivity index (χ2n) is 5.81. The first-order chi connectivity index (χ1) is 12.5. The van der Waals surface area contributed by atoms with E-state index >= 15 is 0 Å². The molecule has 3 rings (SSSR count). The van der Waals surface area contributed by atoms with Crippen LogP contribution < -0.4 is 5.32 Å². The molecule has 1 aliphatic rings. The molecule has 0 saturated carbocycles. The van der Waals surface area contributed by atoms with Crippen molar-refractivity contribution >= 4 is 46.4 Å². The summed E-state index contributed by atoms with van der Waals surface area (Å²) in [6.45, 7) is 3.93. The van der Waals surface area contributed by atoms with Gasteiger partial charge in [0.15, 0.2) is 10.1 Å². The number of thioether (sulfide) groups is 1. The van der Waals surface area contributed by atoms with Crippen molar-refractivity contribution in [3.8, 4) is 0 Å². The van der Waals surface area contributed by atoms with Crippen molar-refractivity contribution in [1.82, 2.24) is 4.98 Å². The number of esters is 1. The third kappa shape index (κ3) is 4.13. The molecule has 8 heteroatoms. The van der Waals surface area contributed by atoms with Gasteiger partial charge in [0.1, 0.15) is 0 Å². The Balaban J connectivity index is 1.59. The van der Waals surface area contributed by atoms with Crippen LogP contribution in [0.1, 0.15) is 41.4 Å². The molecule has 0 radical (unpaired) electrons. The van der Waals surface area contributed by atoms with Crippen LogP contribution in [0.25, 0.3) is 0 Å². The van der Waals surface area contributed by atoms with E-state index in [-0.39, 0.29) is 35.8 Å². The highest BCUT2D eigenvalue weighted by Gasteiger charge is 2.27. The fraction of sp³-hybridized carbons (Fsp3) is 0.333. The maximum atomic E-state index is 12.5. The van der Waals surface area contributed by atoms with Crippen LogP contribution in [-0.4, -0.2) is 35.0 Å². The van der Waals surface area contributed by atoms with Crippen molar-refractivity contribution in [2.75, 3.05) is 17.7 Å². The summed E-state index contributed by atoms with van der Waals surface area (Å²) in [6.07, 6.45) is 0.141. The van der Waals surface area contributed by atoms with Gasteiger partial charge in [0.2, 0.25) is 5.91 Å². The van der Waals surface area contributed by atoms with Crippen LogP contribution >= 0.6 is 23.1 Å². The second kappa shape index (κ2) is 8.01. The van der Waals surface area contributed by atoms with Gasteiger partial charge in [0.25, 0.3) is 0 Å². The number of benzene rings is 1. The van der Waals surface area contributed by atoms with Crippen molar-refractivity contribution in [2.45, 2.75) is 30.5 Å². The largest absolute Gasteiger partial charge is 0.466 e. The number of Topliss-reactive ketones (excluding diaryl/α,β-unsaturated/α-hetero) is 1. The monoisotopic (exact) mass is 390 g/mol. The molecule has 136 valence electrons. The Morgan fingerprint density at radius 1 is 1.38 bits per heavy atom. The van der Waals surface area contributed by atoms with Crippen LogP contribution in [0, 0.1) is 0 Å². The number of carbonyl (C=O) groups is 3. The van der Waals surface area contributed by atoms with Gasteiger partial charge in [-0.3, -0.25) is 14.4 Å². The number of nitrogens with zero attached hydrogens (tertiary/aromatic N) is 1. The average molecular weight is 390 g/mol. The summed E-state index contributed by atoms with van der Waals surface area (Å²) in [6, 6.07) is 5.29. The third-order valence-corrected chi connectivity index (χ3v) is 6.05. The number of ether oxygens (including phenoxy) is 1. The topological polar surface area (TPSA) is 85.4 Å². The zero-order valence-corrected chi connectivity index (χ0v) is 16.0. The molecule has 0 bridgehead atoms. The molecule has 0 unspecified atom stereocenters. The summed E-state index contributed by atoms with van der Waals surface area (Å²) in [5, 5.41) is 4.60. The fourth-order valence-corrected chi connectivity index (χ4v) is 4.34. The first kappa shape index (κ1) is 18.6. The molecular weight excluding hydrogens is 372 g/mol. The SMILES string of the molecule is CCOC(=O)Cc1csc(SCC(=O)c2ccc3c(c2)[C@H](C)C(=O)N3)n1. The third-order valence-electron chi connectivity index (χ3n) is 3.98. The molecule has 1 aromatic carbocycles. The minimum Gasteiger partial charge on any atom is -0.466 e. The summed E-state index contributed by atoms with van der Waals surface area (Å²) in [5.74, 6) is -0.362. The number of fused-ring (bicyclic) bond motifs is 1. The molecule has 1 amide bonds. The molecule has 1 aliphatic heterocycles. The predicted octanol–water partition coefficient (Wildman–Crippen LogP) is 3.28. The van der Waals surface area contributed by atoms with E-state index in [1.54, 1.807) is 30.5 Å². The van der Waals surface area contributed by atoms with Gasteiger partial charge in [0.05, 0.1) is 30.4 Å². The molecule has 1 aromatic heterocycles. The number of hydrogen-bond donors (Lipinski definition) is 1. The lowest BCUT2D eigenvalue weighted by molar-refractivity contribution is -0.142. The minimum absolute atomic E-state index is 0.0218. The first-order valence-electron chi connectivity index (χ1n) is 8.18. The van der Waals surface area contributed by atoms with E-state index in [2.05, 4.69) is 10.3 Å². The Labute approximate surface area is 159 Å². The van der Waals surface area contributed by atoms with Crippen LogP contribution in [0.5, 0.6) is 0 Å². The van der Waals surface area contributed by atoms with Gasteiger partial charge < -0.3 is 10.1 Å². The molecule has 2 heterocycles. The maximum absolute atomic E-state index is 12.5. The van der Waals surface area contributed by atoms with Gasteiger partial charge >= 0.3 is 5.97 Å². The minimum atomic E-state index is -0.305. The van der Waals surface area contributed by atoms with Crippen LogP contribution in [0.2, 0.25) is 0 Å². The van der Waals surface area contributed by atoms with Crippen molar-refractivity contribution in [3.63, 3.8) is 0 Å². The van der Waals surface area contributed by atoms with Gasteiger partial charge in [-0.05, 0) is 37.6 Å². The quantitative estimate of drug-likeness (QED) is 0.444. The van der Waals surface area contributed by atoms with E-state index < -0.39 is 0 Å². The van der Waals surface area contributed by atoms with Gasteiger partial charge in [-0.15, -0.1) is 11.3 Å². The predicted molar refractivity (Wildman–Crippen MR) is 101 cm³/mol. The Hall–Kier alpha value is -2.19. The summed E-state index contributed by atoms with van der Waals surface area (Å²) < 4.78 is 5.64. The van der Waals surface area contributed by atoms with E-state index in [1.807, 2.05) is 6.92 Å². The lowest BCUT2D eigenvalue weighted by atomic mass is 9.99. The molecule has 0 spiro atoms. The number of anilines is 1. The highest BCUT2D eigenvalue weighted by Crippen LogP contribution is 2.33. The number of nitrogens with one attached hydrogen (secondary N) is 1. The van der Waals surface area contributed by atoms with Crippen molar-refractivity contribution in [1.29, 1.82) is 0 Å². The zero-order chi connectivity index (χ0) is 18.7. The summed E-state index contributed by atoms with van der Waals surface area (Å²) in [4.78, 5) is 40.0. The summed E-state index contributed by atoms with van der Waals surface area (Å²) >= 11 is 2.75. The molecule has 2 aromatic rings. The Kier molecular flexibility index (Phi) is 5.73. The normalized spacial score (nSPS) is 15.5. The van der Waals surface area contributed by atoms with Crippen molar-refractivity contribution in [3.05, 3.63) is 40.4 Å². The zero-order valence-electron chi connectivity index (χ0n) is 14.4. The van der Waals surface area contributed by atoms with E-state index in [0.717, 1.165) is 15.6 Å². The van der Waals surface area contributed by atoms with Gasteiger partial charge in [-0.25, -0.2) is 4.98 Å². The highest BCUT2D eigenvalue weighted by atomic mass is 32.2. The lowest BCUT2D eigenvalue weighted by Crippen LogP contribution is -2.08. The van der Waals surface area contributed by atoms with Crippen molar-refractivity contribution in [2.24, 2.45) is 0 Å². The lowest BCUT2D eigenvalue weighted by Gasteiger charge is -2.05. The fourth-order valence-electron chi connectivity index (χ4n) is 2.60. The molecule has 0 aliphatic carbocycles. The molecule has 1 atom stereocenters. The number of hydrogen-bond acceptors (Lipinski definition) is 7. The van der Waals surface area contributed by atoms with E-state index in [1.165, 1.54) is 23.1 Å². The molecule has 6 nitrogen and oxygen atoms in total. The van der Waals surface area contributed by atoms with Crippen molar-refractivity contribution < 1.29 is 19.1 Å². The smallest absolute Gasteiger partial charge is 0.311 e. The summed E-state index contributed by atoms with van der Waals surface area (Å²) in [7, 11) is 0. The van der Waals surface area contributed by atoms with Crippen LogP contribution in [0.4, 0.5) is 5.69 Å². The second-order valence-corrected chi connectivity index (χ2v) is 7.89. The highest BCUT2D eigenvalue weighted by molar-refractivity contribution is 8.01. The van der Waals surface area contributed by atoms with Gasteiger partial charge in [-0.1, -0.05) is 11.8 Å². The number of carbonyl (C=O) groups excluding carboxylic acids is 3. The Morgan fingerprint density at radius 2 is 2.19 bits per heavy atom. The average Bonchev–Trinajstić information content (AvgIpc) is 3.17. The number of amides is 1. The molecular formula is C18H18N2O4S2. The maximum Gasteiger partial charge on any atom is 0.311 e. The van der Waals surface area contributed by atoms with E-state index in [4.69, 9.17) is 4.74 Å². The standard InChI is InChI=1S/C18H18N2O4S2/c1-3-24-16(22)7-12-8-25-18(19-12)26-9-15(21)11-4-5-14-13(6-11)10(2)17(23)20-14/h4-6,8,10H,3,7,9H2,1-2H3,(H,20,23)/t10-/m0/s1. The first-order valence-corrected chi connectivity index (χ1v) is 10.0. The molecule has 0 fully saturated rings. The van der Waals surface area contributed by atoms with Crippen LogP contribution in [0.3, 0.4) is 0 Å².